The second kappa shape index (κ2) is 10.8. The van der Waals surface area contributed by atoms with E-state index in [9.17, 15) is 13.2 Å². The molecule has 0 saturated carbocycles. The highest BCUT2D eigenvalue weighted by Crippen LogP contribution is 2.38. The molecule has 0 spiro atoms. The van der Waals surface area contributed by atoms with Crippen LogP contribution in [-0.2, 0) is 0 Å². The lowest BCUT2D eigenvalue weighted by atomic mass is 9.96. The van der Waals surface area contributed by atoms with E-state index in [2.05, 4.69) is 15.0 Å². The molecule has 0 unspecified atom stereocenters. The van der Waals surface area contributed by atoms with E-state index in [1.165, 1.54) is 12.1 Å². The van der Waals surface area contributed by atoms with Crippen molar-refractivity contribution in [2.75, 3.05) is 26.2 Å². The lowest BCUT2D eigenvalue weighted by Gasteiger charge is -2.36. The van der Waals surface area contributed by atoms with Crippen LogP contribution < -0.4 is 10.1 Å². The van der Waals surface area contributed by atoms with Crippen molar-refractivity contribution in [3.63, 3.8) is 0 Å². The van der Waals surface area contributed by atoms with Crippen molar-refractivity contribution < 1.29 is 17.9 Å². The maximum absolute atomic E-state index is 12.4. The number of benzene rings is 2. The molecule has 3 nitrogen and oxygen atoms in total. The molecule has 2 aromatic rings. The summed E-state index contributed by atoms with van der Waals surface area (Å²) in [5.74, 6) is -0.259. The van der Waals surface area contributed by atoms with Crippen molar-refractivity contribution in [2.24, 2.45) is 0 Å². The summed E-state index contributed by atoms with van der Waals surface area (Å²) in [6, 6.07) is 10.9. The number of nitrogens with zero attached hydrogens (tertiary/aromatic N) is 1. The van der Waals surface area contributed by atoms with Gasteiger partial charge in [-0.2, -0.15) is 0 Å². The highest BCUT2D eigenvalue weighted by Gasteiger charge is 2.32. The molecule has 10 heteroatoms. The first-order valence-electron chi connectivity index (χ1n) is 8.09. The minimum absolute atomic E-state index is 0. The Bertz CT molecular complexity index is 733. The fourth-order valence-electron chi connectivity index (χ4n) is 3.12. The van der Waals surface area contributed by atoms with E-state index in [0.29, 0.717) is 10.0 Å². The van der Waals surface area contributed by atoms with Crippen LogP contribution in [0.3, 0.4) is 0 Å². The average Bonchev–Trinajstić information content (AvgIpc) is 2.59. The molecule has 0 amide bonds. The van der Waals surface area contributed by atoms with E-state index < -0.39 is 6.36 Å². The second-order valence-corrected chi connectivity index (χ2v) is 6.76. The van der Waals surface area contributed by atoms with Crippen molar-refractivity contribution in [1.29, 1.82) is 0 Å². The molecule has 0 aliphatic carbocycles. The predicted molar refractivity (Wildman–Crippen MR) is 110 cm³/mol. The summed E-state index contributed by atoms with van der Waals surface area (Å²) in [6.45, 7) is 3.17. The summed E-state index contributed by atoms with van der Waals surface area (Å²) in [6.07, 6.45) is -4.72. The molecule has 1 fully saturated rings. The minimum atomic E-state index is -4.72. The van der Waals surface area contributed by atoms with Crippen LogP contribution in [0.15, 0.2) is 42.5 Å². The Hall–Kier alpha value is -0.890. The van der Waals surface area contributed by atoms with Gasteiger partial charge in [0.05, 0.1) is 6.04 Å². The molecule has 3 rings (SSSR count). The van der Waals surface area contributed by atoms with Crippen LogP contribution >= 0.6 is 48.0 Å². The van der Waals surface area contributed by atoms with E-state index in [4.69, 9.17) is 23.2 Å². The quantitative estimate of drug-likeness (QED) is 0.608. The Balaban J connectivity index is 0.00000196. The molecule has 1 aliphatic rings. The third kappa shape index (κ3) is 6.31. The second-order valence-electron chi connectivity index (χ2n) is 5.94. The first-order valence-corrected chi connectivity index (χ1v) is 8.85. The zero-order chi connectivity index (χ0) is 18.7. The van der Waals surface area contributed by atoms with Gasteiger partial charge in [0.2, 0.25) is 0 Å². The number of nitrogens with one attached hydrogen (secondary N) is 1. The molecular weight excluding hydrogens is 459 g/mol. The summed E-state index contributed by atoms with van der Waals surface area (Å²) in [5.41, 5.74) is 1.55. The molecule has 1 saturated heterocycles. The Kier molecular flexibility index (Phi) is 9.67. The van der Waals surface area contributed by atoms with Gasteiger partial charge in [-0.05, 0) is 29.8 Å². The molecule has 1 N–H and O–H groups in total. The monoisotopic (exact) mass is 476 g/mol. The molecule has 1 atom stereocenters. The number of alkyl halides is 3. The SMILES string of the molecule is Cl.Cl.FC(F)(F)Oc1ccc([C@H](c2c(Cl)cccc2Cl)N2CCNCC2)cc1. The van der Waals surface area contributed by atoms with Crippen LogP contribution in [0.5, 0.6) is 5.75 Å². The summed E-state index contributed by atoms with van der Waals surface area (Å²) < 4.78 is 41.1. The highest BCUT2D eigenvalue weighted by atomic mass is 35.5. The van der Waals surface area contributed by atoms with Crippen molar-refractivity contribution >= 4 is 48.0 Å². The van der Waals surface area contributed by atoms with Crippen LogP contribution in [0.1, 0.15) is 17.2 Å². The standard InChI is InChI=1S/C18H17Cl2F3N2O.2ClH/c19-14-2-1-3-15(20)16(14)17(25-10-8-24-9-11-25)12-4-6-13(7-5-12)26-18(21,22)23;;/h1-7,17,24H,8-11H2;2*1H/t17-;;/m1../s1. The average molecular weight is 478 g/mol. The van der Waals surface area contributed by atoms with Gasteiger partial charge in [-0.15, -0.1) is 38.0 Å². The fraction of sp³-hybridized carbons (Fsp3) is 0.333. The number of hydrogen-bond acceptors (Lipinski definition) is 3. The van der Waals surface area contributed by atoms with Gasteiger partial charge in [-0.3, -0.25) is 4.90 Å². The Morgan fingerprint density at radius 3 is 1.96 bits per heavy atom. The van der Waals surface area contributed by atoms with Gasteiger partial charge in [-0.1, -0.05) is 41.4 Å². The van der Waals surface area contributed by atoms with Gasteiger partial charge in [0.1, 0.15) is 5.75 Å². The molecule has 0 bridgehead atoms. The number of halogens is 7. The summed E-state index contributed by atoms with van der Waals surface area (Å²) >= 11 is 12.8. The maximum atomic E-state index is 12.4. The van der Waals surface area contributed by atoms with Crippen molar-refractivity contribution in [3.8, 4) is 5.75 Å². The zero-order valence-electron chi connectivity index (χ0n) is 14.5. The van der Waals surface area contributed by atoms with Gasteiger partial charge in [0, 0.05) is 41.8 Å². The summed E-state index contributed by atoms with van der Waals surface area (Å²) in [7, 11) is 0. The Labute approximate surface area is 184 Å². The smallest absolute Gasteiger partial charge is 0.406 e. The molecule has 28 heavy (non-hydrogen) atoms. The zero-order valence-corrected chi connectivity index (χ0v) is 17.7. The topological polar surface area (TPSA) is 24.5 Å². The van der Waals surface area contributed by atoms with Crippen LogP contribution in [0.25, 0.3) is 0 Å². The van der Waals surface area contributed by atoms with Crippen LogP contribution in [0.2, 0.25) is 10.0 Å². The van der Waals surface area contributed by atoms with E-state index >= 15 is 0 Å². The third-order valence-electron chi connectivity index (χ3n) is 4.22. The molecule has 156 valence electrons. The van der Waals surface area contributed by atoms with Gasteiger partial charge in [-0.25, -0.2) is 0 Å². The van der Waals surface area contributed by atoms with Crippen molar-refractivity contribution in [1.82, 2.24) is 10.2 Å². The minimum Gasteiger partial charge on any atom is -0.406 e. The van der Waals surface area contributed by atoms with Crippen LogP contribution in [-0.4, -0.2) is 37.4 Å². The van der Waals surface area contributed by atoms with E-state index in [-0.39, 0.29) is 36.6 Å². The summed E-state index contributed by atoms with van der Waals surface area (Å²) in [4.78, 5) is 2.21. The molecule has 0 aromatic heterocycles. The lowest BCUT2D eigenvalue weighted by Crippen LogP contribution is -2.45. The Morgan fingerprint density at radius 1 is 0.929 bits per heavy atom. The fourth-order valence-corrected chi connectivity index (χ4v) is 3.73. The third-order valence-corrected chi connectivity index (χ3v) is 4.88. The highest BCUT2D eigenvalue weighted by molar-refractivity contribution is 6.36. The largest absolute Gasteiger partial charge is 0.573 e. The molecule has 1 aliphatic heterocycles. The molecule has 2 aromatic carbocycles. The Morgan fingerprint density at radius 2 is 1.46 bits per heavy atom. The van der Waals surface area contributed by atoms with Crippen LogP contribution in [0.4, 0.5) is 13.2 Å². The first kappa shape index (κ1) is 25.1. The van der Waals surface area contributed by atoms with Gasteiger partial charge >= 0.3 is 6.36 Å². The molecular formula is C18H19Cl4F3N2O. The normalized spacial score (nSPS) is 15.9. The lowest BCUT2D eigenvalue weighted by molar-refractivity contribution is -0.274. The number of rotatable bonds is 4. The number of piperazine rings is 1. The van der Waals surface area contributed by atoms with Crippen molar-refractivity contribution in [2.45, 2.75) is 12.4 Å². The van der Waals surface area contributed by atoms with Crippen molar-refractivity contribution in [3.05, 3.63) is 63.6 Å². The maximum Gasteiger partial charge on any atom is 0.573 e. The number of hydrogen-bond donors (Lipinski definition) is 1. The molecule has 1 heterocycles. The van der Waals surface area contributed by atoms with Gasteiger partial charge in [0.15, 0.2) is 0 Å². The summed E-state index contributed by atoms with van der Waals surface area (Å²) in [5, 5.41) is 4.33. The van der Waals surface area contributed by atoms with E-state index in [0.717, 1.165) is 37.3 Å². The van der Waals surface area contributed by atoms with Gasteiger partial charge in [0.25, 0.3) is 0 Å². The number of ether oxygens (including phenoxy) is 1. The van der Waals surface area contributed by atoms with Crippen LogP contribution in [0, 0.1) is 0 Å². The van der Waals surface area contributed by atoms with Gasteiger partial charge < -0.3 is 10.1 Å². The van der Waals surface area contributed by atoms with E-state index in [1.54, 1.807) is 30.3 Å². The first-order chi connectivity index (χ1) is 12.3. The molecule has 0 radical (unpaired) electrons. The predicted octanol–water partition coefficient (Wildman–Crippen LogP) is 5.73. The van der Waals surface area contributed by atoms with E-state index in [1.807, 2.05) is 0 Å².